The fraction of sp³-hybridized carbons (Fsp3) is 0.176. The van der Waals surface area contributed by atoms with Crippen molar-refractivity contribution in [2.75, 3.05) is 5.32 Å². The lowest BCUT2D eigenvalue weighted by molar-refractivity contribution is 0.557. The van der Waals surface area contributed by atoms with Crippen molar-refractivity contribution in [2.24, 2.45) is 0 Å². The maximum Gasteiger partial charge on any atom is 0.128 e. The summed E-state index contributed by atoms with van der Waals surface area (Å²) in [7, 11) is 0. The van der Waals surface area contributed by atoms with Gasteiger partial charge in [-0.3, -0.25) is 0 Å². The Bertz CT molecular complexity index is 675. The molecule has 0 bridgehead atoms. The summed E-state index contributed by atoms with van der Waals surface area (Å²) in [4.78, 5) is 0. The quantitative estimate of drug-likeness (QED) is 0.787. The highest BCUT2D eigenvalue weighted by atomic mass is 19.1. The third-order valence-electron chi connectivity index (χ3n) is 4.15. The Hall–Kier alpha value is -2.09. The molecule has 1 heterocycles. The van der Waals surface area contributed by atoms with Crippen molar-refractivity contribution in [3.05, 3.63) is 71.0 Å². The standard InChI is InChI=1S/C17H14FN/c18-14-9-2-1-7-12(14)17-13-8-3-5-11-6-4-10-15(19-17)16(11)13/h1-7,9-10,13,17,19H,8H2. The molecule has 1 aliphatic carbocycles. The monoisotopic (exact) mass is 251 g/mol. The first-order valence-electron chi connectivity index (χ1n) is 6.65. The van der Waals surface area contributed by atoms with Crippen molar-refractivity contribution in [2.45, 2.75) is 18.4 Å². The van der Waals surface area contributed by atoms with Crippen LogP contribution in [0.2, 0.25) is 0 Å². The number of halogens is 1. The zero-order valence-corrected chi connectivity index (χ0v) is 10.4. The van der Waals surface area contributed by atoms with Crippen molar-refractivity contribution in [1.29, 1.82) is 0 Å². The zero-order chi connectivity index (χ0) is 12.8. The van der Waals surface area contributed by atoms with Crippen LogP contribution in [0.15, 0.2) is 48.5 Å². The smallest absolute Gasteiger partial charge is 0.128 e. The van der Waals surface area contributed by atoms with E-state index >= 15 is 0 Å². The van der Waals surface area contributed by atoms with E-state index in [-0.39, 0.29) is 11.9 Å². The molecule has 2 aromatic carbocycles. The summed E-state index contributed by atoms with van der Waals surface area (Å²) in [6, 6.07) is 13.4. The van der Waals surface area contributed by atoms with E-state index in [1.807, 2.05) is 12.1 Å². The molecule has 19 heavy (non-hydrogen) atoms. The molecule has 1 nitrogen and oxygen atoms in total. The van der Waals surface area contributed by atoms with Crippen LogP contribution >= 0.6 is 0 Å². The molecule has 0 fully saturated rings. The van der Waals surface area contributed by atoms with Gasteiger partial charge in [-0.2, -0.15) is 0 Å². The number of allylic oxidation sites excluding steroid dienone is 1. The molecular formula is C17H14FN. The molecule has 0 aromatic heterocycles. The molecule has 94 valence electrons. The lowest BCUT2D eigenvalue weighted by Gasteiger charge is -2.22. The summed E-state index contributed by atoms with van der Waals surface area (Å²) in [5, 5.41) is 3.49. The van der Waals surface area contributed by atoms with Gasteiger partial charge in [0.25, 0.3) is 0 Å². The summed E-state index contributed by atoms with van der Waals surface area (Å²) < 4.78 is 14.0. The SMILES string of the molecule is Fc1ccccc1C1Nc2cccc3c2C1CC=C3. The molecule has 2 aromatic rings. The van der Waals surface area contributed by atoms with Crippen LogP contribution in [0.5, 0.6) is 0 Å². The largest absolute Gasteiger partial charge is 0.377 e. The topological polar surface area (TPSA) is 12.0 Å². The Morgan fingerprint density at radius 1 is 1.05 bits per heavy atom. The molecule has 0 radical (unpaired) electrons. The highest BCUT2D eigenvalue weighted by Gasteiger charge is 2.36. The number of hydrogen-bond donors (Lipinski definition) is 1. The zero-order valence-electron chi connectivity index (χ0n) is 10.4. The van der Waals surface area contributed by atoms with E-state index in [0.29, 0.717) is 5.92 Å². The predicted molar refractivity (Wildman–Crippen MR) is 75.6 cm³/mol. The molecule has 0 spiro atoms. The Kier molecular flexibility index (Phi) is 2.25. The van der Waals surface area contributed by atoms with Gasteiger partial charge < -0.3 is 5.32 Å². The van der Waals surface area contributed by atoms with E-state index in [1.165, 1.54) is 11.1 Å². The molecule has 4 rings (SSSR count). The molecule has 1 aliphatic heterocycles. The minimum absolute atomic E-state index is 0.0438. The van der Waals surface area contributed by atoms with Crippen molar-refractivity contribution >= 4 is 11.8 Å². The van der Waals surface area contributed by atoms with Gasteiger partial charge in [0.1, 0.15) is 5.82 Å². The van der Waals surface area contributed by atoms with Crippen LogP contribution in [0.3, 0.4) is 0 Å². The van der Waals surface area contributed by atoms with Gasteiger partial charge >= 0.3 is 0 Å². The van der Waals surface area contributed by atoms with Crippen molar-refractivity contribution < 1.29 is 4.39 Å². The first kappa shape index (κ1) is 10.8. The van der Waals surface area contributed by atoms with Crippen LogP contribution in [0.1, 0.15) is 35.1 Å². The Labute approximate surface area is 111 Å². The summed E-state index contributed by atoms with van der Waals surface area (Å²) in [6.45, 7) is 0. The fourth-order valence-corrected chi connectivity index (χ4v) is 3.32. The van der Waals surface area contributed by atoms with Gasteiger partial charge in [0.05, 0.1) is 6.04 Å². The van der Waals surface area contributed by atoms with Crippen LogP contribution in [-0.2, 0) is 0 Å². The van der Waals surface area contributed by atoms with Crippen LogP contribution in [-0.4, -0.2) is 0 Å². The average molecular weight is 251 g/mol. The minimum Gasteiger partial charge on any atom is -0.377 e. The van der Waals surface area contributed by atoms with Crippen molar-refractivity contribution in [1.82, 2.24) is 0 Å². The van der Waals surface area contributed by atoms with E-state index in [4.69, 9.17) is 0 Å². The number of hydrogen-bond acceptors (Lipinski definition) is 1. The first-order valence-corrected chi connectivity index (χ1v) is 6.65. The van der Waals surface area contributed by atoms with Gasteiger partial charge in [0.15, 0.2) is 0 Å². The average Bonchev–Trinajstić information content (AvgIpc) is 2.81. The van der Waals surface area contributed by atoms with Gasteiger partial charge in [0, 0.05) is 17.2 Å². The molecule has 2 aliphatic rings. The number of anilines is 1. The Morgan fingerprint density at radius 3 is 2.84 bits per heavy atom. The van der Waals surface area contributed by atoms with Crippen molar-refractivity contribution in [3.63, 3.8) is 0 Å². The van der Waals surface area contributed by atoms with Crippen molar-refractivity contribution in [3.8, 4) is 0 Å². The maximum absolute atomic E-state index is 14.0. The van der Waals surface area contributed by atoms with Gasteiger partial charge in [-0.15, -0.1) is 0 Å². The van der Waals surface area contributed by atoms with Gasteiger partial charge in [-0.25, -0.2) is 4.39 Å². The first-order chi connectivity index (χ1) is 9.34. The fourth-order valence-electron chi connectivity index (χ4n) is 3.32. The molecular weight excluding hydrogens is 237 g/mol. The van der Waals surface area contributed by atoms with Gasteiger partial charge in [-0.05, 0) is 29.7 Å². The molecule has 1 N–H and O–H groups in total. The van der Waals surface area contributed by atoms with Crippen LogP contribution in [0.4, 0.5) is 10.1 Å². The molecule has 0 saturated carbocycles. The lowest BCUT2D eigenvalue weighted by atomic mass is 9.82. The molecule has 0 amide bonds. The third kappa shape index (κ3) is 1.53. The number of nitrogens with one attached hydrogen (secondary N) is 1. The number of rotatable bonds is 1. The van der Waals surface area contributed by atoms with Gasteiger partial charge in [0.2, 0.25) is 0 Å². The second-order valence-corrected chi connectivity index (χ2v) is 5.20. The minimum atomic E-state index is -0.121. The highest BCUT2D eigenvalue weighted by molar-refractivity contribution is 5.72. The van der Waals surface area contributed by atoms with Crippen LogP contribution < -0.4 is 5.32 Å². The summed E-state index contributed by atoms with van der Waals surface area (Å²) >= 11 is 0. The van der Waals surface area contributed by atoms with Crippen LogP contribution in [0.25, 0.3) is 6.08 Å². The normalized spacial score (nSPS) is 23.0. The maximum atomic E-state index is 14.0. The van der Waals surface area contributed by atoms with E-state index in [2.05, 4.69) is 35.7 Å². The third-order valence-corrected chi connectivity index (χ3v) is 4.15. The van der Waals surface area contributed by atoms with E-state index in [1.54, 1.807) is 12.1 Å². The van der Waals surface area contributed by atoms with Gasteiger partial charge in [-0.1, -0.05) is 42.5 Å². The lowest BCUT2D eigenvalue weighted by Crippen LogP contribution is -2.14. The Morgan fingerprint density at radius 2 is 1.95 bits per heavy atom. The molecule has 2 atom stereocenters. The van der Waals surface area contributed by atoms with E-state index in [0.717, 1.165) is 17.7 Å². The van der Waals surface area contributed by atoms with Crippen LogP contribution in [0, 0.1) is 5.82 Å². The molecule has 0 saturated heterocycles. The summed E-state index contributed by atoms with van der Waals surface area (Å²) in [6.07, 6.45) is 5.33. The van der Waals surface area contributed by atoms with E-state index < -0.39 is 0 Å². The number of benzene rings is 2. The summed E-state index contributed by atoms with van der Waals surface area (Å²) in [5.41, 5.74) is 4.53. The second kappa shape index (κ2) is 3.95. The molecule has 2 unspecified atom stereocenters. The predicted octanol–water partition coefficient (Wildman–Crippen LogP) is 4.49. The Balaban J connectivity index is 1.85. The second-order valence-electron chi connectivity index (χ2n) is 5.20. The molecule has 2 heteroatoms. The highest BCUT2D eigenvalue weighted by Crippen LogP contribution is 2.50. The summed E-state index contributed by atoms with van der Waals surface area (Å²) in [5.74, 6) is 0.219. The van der Waals surface area contributed by atoms with E-state index in [9.17, 15) is 4.39 Å².